The van der Waals surface area contributed by atoms with Gasteiger partial charge >= 0.3 is 0 Å². The van der Waals surface area contributed by atoms with Crippen molar-refractivity contribution in [3.8, 4) is 5.75 Å². The molecule has 0 aliphatic carbocycles. The number of ether oxygens (including phenoxy) is 1. The van der Waals surface area contributed by atoms with Crippen molar-refractivity contribution in [2.45, 2.75) is 12.3 Å². The largest absolute Gasteiger partial charge is 0.494 e. The number of carbonyl (C=O) groups is 1. The first-order chi connectivity index (χ1) is 10.2. The zero-order chi connectivity index (χ0) is 14.8. The SMILES string of the molecule is COc1ccc(C(=O)N2CCC(c3ncon3)C2)cc1F. The molecule has 1 aliphatic rings. The predicted molar refractivity (Wildman–Crippen MR) is 70.5 cm³/mol. The smallest absolute Gasteiger partial charge is 0.253 e. The van der Waals surface area contributed by atoms with Crippen LogP contribution in [0.1, 0.15) is 28.5 Å². The van der Waals surface area contributed by atoms with Crippen LogP contribution in [-0.4, -0.2) is 41.1 Å². The Kier molecular flexibility index (Phi) is 3.55. The first-order valence-corrected chi connectivity index (χ1v) is 6.58. The van der Waals surface area contributed by atoms with E-state index >= 15 is 0 Å². The lowest BCUT2D eigenvalue weighted by Crippen LogP contribution is -2.28. The third kappa shape index (κ3) is 2.58. The van der Waals surface area contributed by atoms with Gasteiger partial charge in [-0.1, -0.05) is 5.16 Å². The minimum atomic E-state index is -0.544. The summed E-state index contributed by atoms with van der Waals surface area (Å²) in [5.41, 5.74) is 0.307. The third-order valence-electron chi connectivity index (χ3n) is 3.62. The van der Waals surface area contributed by atoms with Crippen LogP contribution >= 0.6 is 0 Å². The summed E-state index contributed by atoms with van der Waals surface area (Å²) in [5, 5.41) is 3.80. The van der Waals surface area contributed by atoms with Gasteiger partial charge in [-0.25, -0.2) is 4.39 Å². The van der Waals surface area contributed by atoms with Gasteiger partial charge < -0.3 is 14.2 Å². The van der Waals surface area contributed by atoms with E-state index in [9.17, 15) is 9.18 Å². The van der Waals surface area contributed by atoms with Crippen LogP contribution in [0.4, 0.5) is 4.39 Å². The zero-order valence-corrected chi connectivity index (χ0v) is 11.5. The highest BCUT2D eigenvalue weighted by Gasteiger charge is 2.30. The summed E-state index contributed by atoms with van der Waals surface area (Å²) in [5.74, 6) is 0.0412. The molecule has 1 amide bonds. The maximum Gasteiger partial charge on any atom is 0.253 e. The summed E-state index contributed by atoms with van der Waals surface area (Å²) in [7, 11) is 1.38. The average Bonchev–Trinajstić information content (AvgIpc) is 3.17. The normalized spacial score (nSPS) is 18.0. The second-order valence-electron chi connectivity index (χ2n) is 4.88. The highest BCUT2D eigenvalue weighted by Crippen LogP contribution is 2.26. The lowest BCUT2D eigenvalue weighted by molar-refractivity contribution is 0.0790. The Balaban J connectivity index is 1.73. The van der Waals surface area contributed by atoms with Gasteiger partial charge in [-0.2, -0.15) is 4.98 Å². The van der Waals surface area contributed by atoms with E-state index in [1.165, 1.54) is 25.6 Å². The van der Waals surface area contributed by atoms with Gasteiger partial charge in [-0.3, -0.25) is 4.79 Å². The third-order valence-corrected chi connectivity index (χ3v) is 3.62. The van der Waals surface area contributed by atoms with Crippen molar-refractivity contribution in [2.24, 2.45) is 0 Å². The molecule has 110 valence electrons. The van der Waals surface area contributed by atoms with Gasteiger partial charge in [0.25, 0.3) is 5.91 Å². The molecule has 1 aromatic heterocycles. The fourth-order valence-electron chi connectivity index (χ4n) is 2.50. The van der Waals surface area contributed by atoms with Crippen molar-refractivity contribution in [3.63, 3.8) is 0 Å². The van der Waals surface area contributed by atoms with Crippen LogP contribution in [0.15, 0.2) is 29.1 Å². The quantitative estimate of drug-likeness (QED) is 0.863. The monoisotopic (exact) mass is 291 g/mol. The van der Waals surface area contributed by atoms with Gasteiger partial charge in [-0.15, -0.1) is 0 Å². The molecule has 1 aliphatic heterocycles. The number of hydrogen-bond acceptors (Lipinski definition) is 5. The maximum atomic E-state index is 13.7. The molecule has 21 heavy (non-hydrogen) atoms. The molecule has 2 aromatic rings. The Morgan fingerprint density at radius 3 is 3.05 bits per heavy atom. The lowest BCUT2D eigenvalue weighted by atomic mass is 10.1. The molecule has 0 radical (unpaired) electrons. The van der Waals surface area contributed by atoms with Crippen molar-refractivity contribution in [1.29, 1.82) is 0 Å². The number of methoxy groups -OCH3 is 1. The second-order valence-corrected chi connectivity index (χ2v) is 4.88. The van der Waals surface area contributed by atoms with E-state index in [4.69, 9.17) is 9.26 Å². The van der Waals surface area contributed by atoms with Crippen LogP contribution in [0.25, 0.3) is 0 Å². The van der Waals surface area contributed by atoms with Crippen molar-refractivity contribution in [3.05, 3.63) is 41.8 Å². The lowest BCUT2D eigenvalue weighted by Gasteiger charge is -2.16. The first-order valence-electron chi connectivity index (χ1n) is 6.58. The van der Waals surface area contributed by atoms with Crippen LogP contribution in [0.3, 0.4) is 0 Å². The molecule has 0 saturated carbocycles. The summed E-state index contributed by atoms with van der Waals surface area (Å²) in [6.07, 6.45) is 2.04. The van der Waals surface area contributed by atoms with Crippen LogP contribution in [0.2, 0.25) is 0 Å². The molecule has 6 nitrogen and oxygen atoms in total. The van der Waals surface area contributed by atoms with E-state index in [0.29, 0.717) is 24.5 Å². The number of hydrogen-bond donors (Lipinski definition) is 0. The fourth-order valence-corrected chi connectivity index (χ4v) is 2.50. The number of rotatable bonds is 3. The summed E-state index contributed by atoms with van der Waals surface area (Å²) in [6.45, 7) is 1.09. The average molecular weight is 291 g/mol. The van der Waals surface area contributed by atoms with Crippen molar-refractivity contribution < 1.29 is 18.4 Å². The second kappa shape index (κ2) is 5.51. The number of nitrogens with zero attached hydrogens (tertiary/aromatic N) is 3. The van der Waals surface area contributed by atoms with Crippen LogP contribution in [0, 0.1) is 5.82 Å². The number of halogens is 1. The highest BCUT2D eigenvalue weighted by atomic mass is 19.1. The molecule has 1 unspecified atom stereocenters. The molecule has 0 spiro atoms. The summed E-state index contributed by atoms with van der Waals surface area (Å²) < 4.78 is 23.2. The minimum absolute atomic E-state index is 0.0656. The molecular weight excluding hydrogens is 277 g/mol. The standard InChI is InChI=1S/C14H14FN3O3/c1-20-12-3-2-9(6-11(12)15)14(19)18-5-4-10(7-18)13-16-8-21-17-13/h2-3,6,8,10H,4-5,7H2,1H3. The van der Waals surface area contributed by atoms with Crippen molar-refractivity contribution in [2.75, 3.05) is 20.2 Å². The topological polar surface area (TPSA) is 68.5 Å². The molecule has 1 atom stereocenters. The molecule has 1 saturated heterocycles. The molecule has 1 aromatic carbocycles. The zero-order valence-electron chi connectivity index (χ0n) is 11.5. The highest BCUT2D eigenvalue weighted by molar-refractivity contribution is 5.94. The first kappa shape index (κ1) is 13.5. The van der Waals surface area contributed by atoms with Crippen molar-refractivity contribution >= 4 is 5.91 Å². The van der Waals surface area contributed by atoms with Gasteiger partial charge in [-0.05, 0) is 24.6 Å². The Morgan fingerprint density at radius 2 is 2.38 bits per heavy atom. The number of aromatic nitrogens is 2. The van der Waals surface area contributed by atoms with Gasteiger partial charge in [0.2, 0.25) is 6.39 Å². The molecule has 7 heteroatoms. The van der Waals surface area contributed by atoms with Gasteiger partial charge in [0.1, 0.15) is 0 Å². The number of amides is 1. The van der Waals surface area contributed by atoms with Gasteiger partial charge in [0.05, 0.1) is 7.11 Å². The van der Waals surface area contributed by atoms with Crippen LogP contribution in [0.5, 0.6) is 5.75 Å². The molecule has 0 N–H and O–H groups in total. The van der Waals surface area contributed by atoms with Crippen molar-refractivity contribution in [1.82, 2.24) is 15.0 Å². The van der Waals surface area contributed by atoms with Crippen LogP contribution in [-0.2, 0) is 0 Å². The molecular formula is C14H14FN3O3. The summed E-state index contributed by atoms with van der Waals surface area (Å²) in [6, 6.07) is 4.21. The predicted octanol–water partition coefficient (Wildman–Crippen LogP) is 1.85. The number of likely N-dealkylation sites (tertiary alicyclic amines) is 1. The van der Waals surface area contributed by atoms with E-state index in [1.807, 2.05) is 0 Å². The van der Waals surface area contributed by atoms with Crippen LogP contribution < -0.4 is 4.74 Å². The van der Waals surface area contributed by atoms with E-state index in [1.54, 1.807) is 11.0 Å². The number of carbonyl (C=O) groups excluding carboxylic acids is 1. The Labute approximate surface area is 120 Å². The van der Waals surface area contributed by atoms with Gasteiger partial charge in [0, 0.05) is 24.6 Å². The maximum absolute atomic E-state index is 13.7. The van der Waals surface area contributed by atoms with E-state index < -0.39 is 5.82 Å². The van der Waals surface area contributed by atoms with E-state index in [2.05, 4.69) is 10.1 Å². The fraction of sp³-hybridized carbons (Fsp3) is 0.357. The summed E-state index contributed by atoms with van der Waals surface area (Å²) >= 11 is 0. The summed E-state index contributed by atoms with van der Waals surface area (Å²) in [4.78, 5) is 18.0. The molecule has 1 fully saturated rings. The Morgan fingerprint density at radius 1 is 1.52 bits per heavy atom. The Bertz CT molecular complexity index is 645. The Hall–Kier alpha value is -2.44. The molecule has 2 heterocycles. The minimum Gasteiger partial charge on any atom is -0.494 e. The molecule has 0 bridgehead atoms. The number of benzene rings is 1. The molecule has 3 rings (SSSR count). The van der Waals surface area contributed by atoms with E-state index in [0.717, 1.165) is 6.42 Å². The van der Waals surface area contributed by atoms with E-state index in [-0.39, 0.29) is 17.6 Å². The van der Waals surface area contributed by atoms with Gasteiger partial charge in [0.15, 0.2) is 17.4 Å².